The van der Waals surface area contributed by atoms with Crippen molar-refractivity contribution in [1.82, 2.24) is 19.8 Å². The van der Waals surface area contributed by atoms with E-state index in [1.54, 1.807) is 23.4 Å². The van der Waals surface area contributed by atoms with E-state index in [1.807, 2.05) is 32.9 Å². The fourth-order valence-corrected chi connectivity index (χ4v) is 5.31. The molecule has 1 aromatic carbocycles. The van der Waals surface area contributed by atoms with Gasteiger partial charge in [-0.05, 0) is 51.8 Å². The zero-order valence-corrected chi connectivity index (χ0v) is 21.6. The molecule has 0 spiro atoms. The molecular formula is C26H32ClN5O4. The van der Waals surface area contributed by atoms with Crippen LogP contribution in [0.4, 0.5) is 10.5 Å². The van der Waals surface area contributed by atoms with Crippen LogP contribution in [0.3, 0.4) is 0 Å². The first-order chi connectivity index (χ1) is 17.2. The van der Waals surface area contributed by atoms with Crippen molar-refractivity contribution in [1.29, 1.82) is 0 Å². The van der Waals surface area contributed by atoms with Crippen molar-refractivity contribution in [3.63, 3.8) is 0 Å². The summed E-state index contributed by atoms with van der Waals surface area (Å²) in [7, 11) is 0. The lowest BCUT2D eigenvalue weighted by molar-refractivity contribution is -0.127. The van der Waals surface area contributed by atoms with Gasteiger partial charge in [0.15, 0.2) is 0 Å². The predicted molar refractivity (Wildman–Crippen MR) is 139 cm³/mol. The van der Waals surface area contributed by atoms with Crippen molar-refractivity contribution >= 4 is 51.1 Å². The summed E-state index contributed by atoms with van der Waals surface area (Å²) in [5.74, 6) is -0.170. The Morgan fingerprint density at radius 3 is 2.92 bits per heavy atom. The Labute approximate surface area is 215 Å². The van der Waals surface area contributed by atoms with Gasteiger partial charge in [-0.1, -0.05) is 11.6 Å². The normalized spacial score (nSPS) is 21.3. The second-order valence-electron chi connectivity index (χ2n) is 10.5. The third-order valence-electron chi connectivity index (χ3n) is 6.72. The second kappa shape index (κ2) is 9.88. The zero-order chi connectivity index (χ0) is 25.4. The number of aromatic amines is 1. The molecule has 0 saturated carbocycles. The average molecular weight is 514 g/mol. The number of ether oxygens (including phenoxy) is 2. The Kier molecular flexibility index (Phi) is 6.80. The molecule has 3 aromatic rings. The number of nitrogens with zero attached hydrogens (tertiary/aromatic N) is 3. The molecule has 0 aliphatic carbocycles. The van der Waals surface area contributed by atoms with Crippen molar-refractivity contribution in [2.75, 3.05) is 38.2 Å². The largest absolute Gasteiger partial charge is 0.444 e. The van der Waals surface area contributed by atoms with Crippen LogP contribution in [0, 0.1) is 0 Å². The molecule has 10 heteroatoms. The van der Waals surface area contributed by atoms with Gasteiger partial charge in [0.05, 0.1) is 36.1 Å². The molecule has 0 radical (unpaired) electrons. The number of H-pyrrole nitrogens is 1. The van der Waals surface area contributed by atoms with Gasteiger partial charge in [-0.15, -0.1) is 0 Å². The monoisotopic (exact) mass is 513 g/mol. The lowest BCUT2D eigenvalue weighted by Gasteiger charge is -2.38. The summed E-state index contributed by atoms with van der Waals surface area (Å²) >= 11 is 6.42. The minimum Gasteiger partial charge on any atom is -0.444 e. The van der Waals surface area contributed by atoms with Crippen LogP contribution in [-0.2, 0) is 14.3 Å². The van der Waals surface area contributed by atoms with E-state index in [0.717, 1.165) is 34.6 Å². The van der Waals surface area contributed by atoms with Gasteiger partial charge in [0.2, 0.25) is 5.91 Å². The molecule has 2 saturated heterocycles. The molecule has 5 rings (SSSR count). The van der Waals surface area contributed by atoms with E-state index in [2.05, 4.69) is 20.2 Å². The number of morpholine rings is 1. The van der Waals surface area contributed by atoms with E-state index in [0.29, 0.717) is 37.0 Å². The Morgan fingerprint density at radius 1 is 1.28 bits per heavy atom. The standard InChI is InChI=1S/C26H32ClN5O4/c1-26(2,3)36-25(34)32-8-4-5-17(32)14-31-9-10-35-15-22(31)24(33)30-20-12-16(27)11-19-18-6-7-28-13-21(18)29-23(19)20/h6-7,11-13,17,22,29H,4-5,8-10,14-15H2,1-3H3,(H,30,33)/t17?,22-/m1/s1. The molecule has 2 amide bonds. The predicted octanol–water partition coefficient (Wildman–Crippen LogP) is 4.41. The minimum absolute atomic E-state index is 0.00710. The van der Waals surface area contributed by atoms with Crippen LogP contribution in [0.2, 0.25) is 5.02 Å². The van der Waals surface area contributed by atoms with Crippen molar-refractivity contribution in [3.8, 4) is 0 Å². The Morgan fingerprint density at radius 2 is 2.11 bits per heavy atom. The number of nitrogens with one attached hydrogen (secondary N) is 2. The Hall–Kier alpha value is -2.88. The van der Waals surface area contributed by atoms with Crippen LogP contribution in [0.15, 0.2) is 30.6 Å². The molecule has 9 nitrogen and oxygen atoms in total. The first-order valence-electron chi connectivity index (χ1n) is 12.4. The number of pyridine rings is 1. The molecule has 2 fully saturated rings. The number of amides is 2. The summed E-state index contributed by atoms with van der Waals surface area (Å²) in [5, 5.41) is 5.52. The number of aromatic nitrogens is 2. The van der Waals surface area contributed by atoms with Gasteiger partial charge >= 0.3 is 6.09 Å². The van der Waals surface area contributed by atoms with E-state index in [4.69, 9.17) is 21.1 Å². The molecule has 2 N–H and O–H groups in total. The Bertz CT molecular complexity index is 1290. The topological polar surface area (TPSA) is 99.8 Å². The van der Waals surface area contributed by atoms with Crippen molar-refractivity contribution in [2.45, 2.75) is 51.3 Å². The van der Waals surface area contributed by atoms with Crippen molar-refractivity contribution in [3.05, 3.63) is 35.6 Å². The van der Waals surface area contributed by atoms with Crippen LogP contribution >= 0.6 is 11.6 Å². The number of rotatable bonds is 4. The highest BCUT2D eigenvalue weighted by atomic mass is 35.5. The molecule has 4 heterocycles. The number of anilines is 1. The molecule has 1 unspecified atom stereocenters. The third-order valence-corrected chi connectivity index (χ3v) is 6.94. The maximum Gasteiger partial charge on any atom is 0.410 e. The fraction of sp³-hybridized carbons (Fsp3) is 0.500. The molecule has 2 aromatic heterocycles. The fourth-order valence-electron chi connectivity index (χ4n) is 5.09. The number of carbonyl (C=O) groups is 2. The summed E-state index contributed by atoms with van der Waals surface area (Å²) in [6.45, 7) is 8.29. The average Bonchev–Trinajstić information content (AvgIpc) is 3.43. The van der Waals surface area contributed by atoms with E-state index in [1.165, 1.54) is 0 Å². The maximum atomic E-state index is 13.5. The summed E-state index contributed by atoms with van der Waals surface area (Å²) in [5.41, 5.74) is 1.73. The summed E-state index contributed by atoms with van der Waals surface area (Å²) in [6, 6.07) is 5.06. The van der Waals surface area contributed by atoms with Gasteiger partial charge in [-0.25, -0.2) is 4.79 Å². The van der Waals surface area contributed by atoms with E-state index < -0.39 is 11.6 Å². The molecule has 2 aliphatic rings. The van der Waals surface area contributed by atoms with Crippen LogP contribution in [0.25, 0.3) is 21.8 Å². The highest BCUT2D eigenvalue weighted by molar-refractivity contribution is 6.33. The first kappa shape index (κ1) is 24.8. The van der Waals surface area contributed by atoms with Gasteiger partial charge in [0.25, 0.3) is 0 Å². The van der Waals surface area contributed by atoms with Crippen LogP contribution < -0.4 is 5.32 Å². The van der Waals surface area contributed by atoms with Crippen LogP contribution in [0.5, 0.6) is 0 Å². The number of fused-ring (bicyclic) bond motifs is 3. The van der Waals surface area contributed by atoms with Crippen LogP contribution in [-0.4, -0.2) is 82.3 Å². The minimum atomic E-state index is -0.549. The summed E-state index contributed by atoms with van der Waals surface area (Å²) < 4.78 is 11.3. The lowest BCUT2D eigenvalue weighted by Crippen LogP contribution is -2.56. The molecule has 2 atom stereocenters. The van der Waals surface area contributed by atoms with E-state index >= 15 is 0 Å². The Balaban J connectivity index is 1.34. The number of halogens is 1. The SMILES string of the molecule is CC(C)(C)OC(=O)N1CCCC1CN1CCOC[C@@H]1C(=O)Nc1cc(Cl)cc2c1[nH]c1cnccc12. The third kappa shape index (κ3) is 5.14. The number of likely N-dealkylation sites (tertiary alicyclic amines) is 1. The number of hydrogen-bond acceptors (Lipinski definition) is 6. The molecule has 0 bridgehead atoms. The highest BCUT2D eigenvalue weighted by Gasteiger charge is 2.37. The number of benzene rings is 1. The second-order valence-corrected chi connectivity index (χ2v) is 10.9. The van der Waals surface area contributed by atoms with Gasteiger partial charge in [0.1, 0.15) is 11.6 Å². The highest BCUT2D eigenvalue weighted by Crippen LogP contribution is 2.33. The van der Waals surface area contributed by atoms with Crippen molar-refractivity contribution in [2.24, 2.45) is 0 Å². The van der Waals surface area contributed by atoms with Gasteiger partial charge < -0.3 is 24.7 Å². The van der Waals surface area contributed by atoms with E-state index in [9.17, 15) is 9.59 Å². The zero-order valence-electron chi connectivity index (χ0n) is 20.8. The van der Waals surface area contributed by atoms with Gasteiger partial charge in [-0.3, -0.25) is 14.7 Å². The number of hydrogen-bond donors (Lipinski definition) is 2. The quantitative estimate of drug-likeness (QED) is 0.536. The summed E-state index contributed by atoms with van der Waals surface area (Å²) in [6.07, 6.45) is 4.98. The molecular weight excluding hydrogens is 482 g/mol. The van der Waals surface area contributed by atoms with E-state index in [-0.39, 0.29) is 24.6 Å². The number of carbonyl (C=O) groups excluding carboxylic acids is 2. The maximum absolute atomic E-state index is 13.5. The lowest BCUT2D eigenvalue weighted by atomic mass is 10.1. The van der Waals surface area contributed by atoms with Gasteiger partial charge in [0, 0.05) is 47.7 Å². The van der Waals surface area contributed by atoms with Gasteiger partial charge in [-0.2, -0.15) is 0 Å². The van der Waals surface area contributed by atoms with Crippen LogP contribution in [0.1, 0.15) is 33.6 Å². The molecule has 192 valence electrons. The first-order valence-corrected chi connectivity index (χ1v) is 12.7. The smallest absolute Gasteiger partial charge is 0.410 e. The van der Waals surface area contributed by atoms with Crippen molar-refractivity contribution < 1.29 is 19.1 Å². The summed E-state index contributed by atoms with van der Waals surface area (Å²) in [4.78, 5) is 37.7. The molecule has 2 aliphatic heterocycles. The molecule has 36 heavy (non-hydrogen) atoms.